The molecule has 0 bridgehead atoms. The molecule has 2 aromatic carbocycles. The molecule has 0 unspecified atom stereocenters. The Labute approximate surface area is 171 Å². The molecule has 0 atom stereocenters. The van der Waals surface area contributed by atoms with Crippen LogP contribution in [-0.4, -0.2) is 5.91 Å². The predicted octanol–water partition coefficient (Wildman–Crippen LogP) is 6.91. The lowest BCUT2D eigenvalue weighted by Gasteiger charge is -2.13. The lowest BCUT2D eigenvalue weighted by atomic mass is 9.99. The molecule has 0 spiro atoms. The first kappa shape index (κ1) is 23.1. The highest BCUT2D eigenvalue weighted by Crippen LogP contribution is 2.33. The first-order valence-electron chi connectivity index (χ1n) is 9.11. The Bertz CT molecular complexity index is 972. The van der Waals surface area contributed by atoms with Gasteiger partial charge in [0.05, 0.1) is 5.56 Å². The van der Waals surface area contributed by atoms with Gasteiger partial charge in [0, 0.05) is 5.69 Å². The van der Waals surface area contributed by atoms with Crippen molar-refractivity contribution in [2.45, 2.75) is 25.9 Å². The van der Waals surface area contributed by atoms with Crippen molar-refractivity contribution in [2.75, 3.05) is 5.32 Å². The number of hydrogen-bond acceptors (Lipinski definition) is 1. The van der Waals surface area contributed by atoms with Crippen molar-refractivity contribution in [1.29, 1.82) is 0 Å². The third-order valence-electron chi connectivity index (χ3n) is 4.20. The Morgan fingerprint density at radius 1 is 1.07 bits per heavy atom. The molecule has 0 saturated carbocycles. The Balaban J connectivity index is 2.20. The van der Waals surface area contributed by atoms with E-state index in [-0.39, 0.29) is 24.1 Å². The van der Waals surface area contributed by atoms with Gasteiger partial charge in [-0.2, -0.15) is 13.2 Å². The zero-order chi connectivity index (χ0) is 22.3. The average molecular weight is 421 g/mol. The van der Waals surface area contributed by atoms with Gasteiger partial charge in [0.25, 0.3) is 5.91 Å². The number of benzene rings is 2. The number of nitrogens with one attached hydrogen (secondary N) is 1. The minimum Gasteiger partial charge on any atom is -0.322 e. The first-order chi connectivity index (χ1) is 14.2. The summed E-state index contributed by atoms with van der Waals surface area (Å²) in [7, 11) is 0. The van der Waals surface area contributed by atoms with Gasteiger partial charge in [0.2, 0.25) is 0 Å². The number of rotatable bonds is 7. The van der Waals surface area contributed by atoms with Gasteiger partial charge in [-0.25, -0.2) is 8.78 Å². The standard InChI is InChI=1S/C23H20F5NO/c1-3-7-20(25)21(19(24)4-2)22(30)29-17-12-10-15(11-13-17)14-16-8-5-6-9-18(16)23(26,27)28/h4-13H,2-3,14H2,1H3,(H,29,30)/b20-7+,21-19-. The van der Waals surface area contributed by atoms with Crippen molar-refractivity contribution in [2.24, 2.45) is 0 Å². The van der Waals surface area contributed by atoms with Crippen LogP contribution in [0.1, 0.15) is 30.0 Å². The van der Waals surface area contributed by atoms with Crippen LogP contribution in [0.3, 0.4) is 0 Å². The summed E-state index contributed by atoms with van der Waals surface area (Å²) in [5.41, 5.74) is -0.543. The molecule has 0 saturated heterocycles. The van der Waals surface area contributed by atoms with Crippen molar-refractivity contribution in [3.8, 4) is 0 Å². The molecule has 2 rings (SSSR count). The van der Waals surface area contributed by atoms with E-state index in [0.29, 0.717) is 5.56 Å². The molecule has 2 aromatic rings. The van der Waals surface area contributed by atoms with Gasteiger partial charge in [-0.05, 0) is 54.3 Å². The van der Waals surface area contributed by atoms with Crippen LogP contribution in [0, 0.1) is 0 Å². The van der Waals surface area contributed by atoms with E-state index in [4.69, 9.17) is 0 Å². The second kappa shape index (κ2) is 10.0. The number of amides is 1. The molecular weight excluding hydrogens is 401 g/mol. The number of anilines is 1. The van der Waals surface area contributed by atoms with Gasteiger partial charge in [-0.15, -0.1) is 0 Å². The number of carbonyl (C=O) groups excluding carboxylic acids is 1. The highest BCUT2D eigenvalue weighted by molar-refractivity contribution is 6.07. The average Bonchev–Trinajstić information content (AvgIpc) is 2.69. The van der Waals surface area contributed by atoms with E-state index < -0.39 is 34.9 Å². The molecule has 0 aliphatic rings. The molecule has 0 aliphatic carbocycles. The fourth-order valence-corrected chi connectivity index (χ4v) is 2.78. The van der Waals surface area contributed by atoms with Crippen LogP contribution >= 0.6 is 0 Å². The normalized spacial score (nSPS) is 12.9. The smallest absolute Gasteiger partial charge is 0.322 e. The van der Waals surface area contributed by atoms with Crippen molar-refractivity contribution in [3.05, 3.63) is 101 Å². The van der Waals surface area contributed by atoms with Crippen LogP contribution < -0.4 is 5.32 Å². The molecule has 1 amide bonds. The zero-order valence-electron chi connectivity index (χ0n) is 16.2. The molecule has 30 heavy (non-hydrogen) atoms. The van der Waals surface area contributed by atoms with Crippen LogP contribution in [-0.2, 0) is 17.4 Å². The minimum absolute atomic E-state index is 0.0357. The summed E-state index contributed by atoms with van der Waals surface area (Å²) in [4.78, 5) is 12.3. The quantitative estimate of drug-likeness (QED) is 0.294. The van der Waals surface area contributed by atoms with Crippen molar-refractivity contribution < 1.29 is 26.7 Å². The van der Waals surface area contributed by atoms with Gasteiger partial charge < -0.3 is 5.32 Å². The lowest BCUT2D eigenvalue weighted by molar-refractivity contribution is -0.138. The largest absolute Gasteiger partial charge is 0.416 e. The fourth-order valence-electron chi connectivity index (χ4n) is 2.78. The Kier molecular flexibility index (Phi) is 7.69. The third kappa shape index (κ3) is 5.89. The van der Waals surface area contributed by atoms with E-state index in [9.17, 15) is 26.7 Å². The third-order valence-corrected chi connectivity index (χ3v) is 4.20. The van der Waals surface area contributed by atoms with Crippen LogP contribution in [0.4, 0.5) is 27.6 Å². The summed E-state index contributed by atoms with van der Waals surface area (Å²) in [6, 6.07) is 11.2. The van der Waals surface area contributed by atoms with Gasteiger partial charge in [0.15, 0.2) is 0 Å². The molecule has 7 heteroatoms. The second-order valence-corrected chi connectivity index (χ2v) is 6.37. The number of allylic oxidation sites excluding steroid dienone is 3. The summed E-state index contributed by atoms with van der Waals surface area (Å²) >= 11 is 0. The van der Waals surface area contributed by atoms with E-state index in [1.54, 1.807) is 6.92 Å². The van der Waals surface area contributed by atoms with Gasteiger partial charge in [-0.1, -0.05) is 43.8 Å². The fraction of sp³-hybridized carbons (Fsp3) is 0.174. The molecule has 0 radical (unpaired) electrons. The Morgan fingerprint density at radius 3 is 2.27 bits per heavy atom. The highest BCUT2D eigenvalue weighted by atomic mass is 19.4. The zero-order valence-corrected chi connectivity index (χ0v) is 16.2. The Hall–Kier alpha value is -3.22. The van der Waals surface area contributed by atoms with Crippen molar-refractivity contribution in [3.63, 3.8) is 0 Å². The van der Waals surface area contributed by atoms with Gasteiger partial charge in [-0.3, -0.25) is 4.79 Å². The summed E-state index contributed by atoms with van der Waals surface area (Å²) < 4.78 is 67.3. The maximum atomic E-state index is 14.1. The summed E-state index contributed by atoms with van der Waals surface area (Å²) in [6.45, 7) is 4.84. The van der Waals surface area contributed by atoms with E-state index in [0.717, 1.165) is 18.2 Å². The molecule has 158 valence electrons. The van der Waals surface area contributed by atoms with Gasteiger partial charge in [0.1, 0.15) is 17.2 Å². The maximum absolute atomic E-state index is 14.1. The topological polar surface area (TPSA) is 29.1 Å². The summed E-state index contributed by atoms with van der Waals surface area (Å²) in [6.07, 6.45) is -2.36. The van der Waals surface area contributed by atoms with Crippen LogP contribution in [0.5, 0.6) is 0 Å². The Morgan fingerprint density at radius 2 is 1.70 bits per heavy atom. The lowest BCUT2D eigenvalue weighted by Crippen LogP contribution is -2.16. The SMILES string of the molecule is C=C/C(F)=C(C(=O)Nc1ccc(Cc2ccccc2C(F)(F)F)cc1)\C(F)=C/CC. The number of halogens is 5. The summed E-state index contributed by atoms with van der Waals surface area (Å²) in [5.74, 6) is -3.10. The van der Waals surface area contributed by atoms with E-state index in [1.807, 2.05) is 0 Å². The monoisotopic (exact) mass is 421 g/mol. The van der Waals surface area contributed by atoms with E-state index in [2.05, 4.69) is 11.9 Å². The maximum Gasteiger partial charge on any atom is 0.416 e. The predicted molar refractivity (Wildman–Crippen MR) is 107 cm³/mol. The van der Waals surface area contributed by atoms with E-state index >= 15 is 0 Å². The molecule has 0 aromatic heterocycles. The van der Waals surface area contributed by atoms with Crippen LogP contribution in [0.25, 0.3) is 0 Å². The minimum atomic E-state index is -4.46. The van der Waals surface area contributed by atoms with Crippen molar-refractivity contribution >= 4 is 11.6 Å². The molecule has 0 heterocycles. The second-order valence-electron chi connectivity index (χ2n) is 6.37. The molecular formula is C23H20F5NO. The van der Waals surface area contributed by atoms with Crippen molar-refractivity contribution in [1.82, 2.24) is 0 Å². The molecule has 2 nitrogen and oxygen atoms in total. The highest BCUT2D eigenvalue weighted by Gasteiger charge is 2.32. The summed E-state index contributed by atoms with van der Waals surface area (Å²) in [5, 5.41) is 2.38. The number of alkyl halides is 3. The molecule has 0 aliphatic heterocycles. The first-order valence-corrected chi connectivity index (χ1v) is 9.11. The number of hydrogen-bond donors (Lipinski definition) is 1. The number of carbonyl (C=O) groups is 1. The molecule has 0 fully saturated rings. The molecule has 1 N–H and O–H groups in total. The van der Waals surface area contributed by atoms with Gasteiger partial charge >= 0.3 is 6.18 Å². The van der Waals surface area contributed by atoms with E-state index in [1.165, 1.54) is 42.5 Å². The van der Waals surface area contributed by atoms with Crippen LogP contribution in [0.15, 0.2) is 84.5 Å². The van der Waals surface area contributed by atoms with Crippen LogP contribution in [0.2, 0.25) is 0 Å².